The van der Waals surface area contributed by atoms with E-state index in [9.17, 15) is 4.79 Å². The fraction of sp³-hybridized carbons (Fsp3) is 0.667. The normalized spacial score (nSPS) is 30.9. The number of nitrogens with one attached hydrogen (secondary N) is 2. The number of benzene rings is 1. The van der Waals surface area contributed by atoms with Gasteiger partial charge in [-0.15, -0.1) is 0 Å². The van der Waals surface area contributed by atoms with Gasteiger partial charge in [0.1, 0.15) is 5.54 Å². The summed E-state index contributed by atoms with van der Waals surface area (Å²) in [6, 6.07) is 8.94. The number of hydrogen-bond donors (Lipinski definition) is 2. The molecule has 0 spiro atoms. The van der Waals surface area contributed by atoms with Crippen LogP contribution in [0.2, 0.25) is 0 Å². The number of ether oxygens (including phenoxy) is 1. The second-order valence-electron chi connectivity index (χ2n) is 8.32. The molecule has 2 N–H and O–H groups in total. The first-order valence-electron chi connectivity index (χ1n) is 10.1. The Morgan fingerprint density at radius 2 is 1.88 bits per heavy atom. The van der Waals surface area contributed by atoms with E-state index < -0.39 is 5.54 Å². The zero-order chi connectivity index (χ0) is 18.1. The van der Waals surface area contributed by atoms with Crippen LogP contribution in [0, 0.1) is 0 Å². The molecule has 1 aromatic rings. The number of amides is 1. The van der Waals surface area contributed by atoms with E-state index in [2.05, 4.69) is 53.6 Å². The maximum absolute atomic E-state index is 13.5. The van der Waals surface area contributed by atoms with Gasteiger partial charge in [0.25, 0.3) is 0 Å². The lowest BCUT2D eigenvalue weighted by atomic mass is 9.90. The molecule has 2 aliphatic heterocycles. The molecule has 0 unspecified atom stereocenters. The van der Waals surface area contributed by atoms with E-state index in [1.54, 1.807) is 0 Å². The van der Waals surface area contributed by atoms with Gasteiger partial charge in [-0.25, -0.2) is 0 Å². The van der Waals surface area contributed by atoms with Crippen LogP contribution in [0.4, 0.5) is 0 Å². The molecule has 142 valence electrons. The van der Waals surface area contributed by atoms with Crippen LogP contribution in [-0.2, 0) is 22.4 Å². The highest BCUT2D eigenvalue weighted by Gasteiger charge is 2.50. The van der Waals surface area contributed by atoms with Crippen molar-refractivity contribution in [2.24, 2.45) is 0 Å². The van der Waals surface area contributed by atoms with Crippen LogP contribution in [0.1, 0.15) is 37.8 Å². The topological polar surface area (TPSA) is 53.6 Å². The second-order valence-corrected chi connectivity index (χ2v) is 8.32. The van der Waals surface area contributed by atoms with Gasteiger partial charge in [-0.05, 0) is 44.4 Å². The molecule has 0 bridgehead atoms. The predicted molar refractivity (Wildman–Crippen MR) is 102 cm³/mol. The fourth-order valence-electron chi connectivity index (χ4n) is 4.96. The number of carbonyl (C=O) groups is 1. The molecule has 2 fully saturated rings. The lowest BCUT2D eigenvalue weighted by Crippen LogP contribution is -2.65. The van der Waals surface area contributed by atoms with Gasteiger partial charge >= 0.3 is 0 Å². The summed E-state index contributed by atoms with van der Waals surface area (Å²) in [7, 11) is 0. The number of morpholine rings is 1. The fourth-order valence-corrected chi connectivity index (χ4v) is 4.96. The largest absolute Gasteiger partial charge is 0.373 e. The molecule has 0 aromatic heterocycles. The molecule has 3 atom stereocenters. The van der Waals surface area contributed by atoms with Gasteiger partial charge in [0, 0.05) is 38.5 Å². The minimum atomic E-state index is -0.478. The highest BCUT2D eigenvalue weighted by molar-refractivity contribution is 5.88. The highest BCUT2D eigenvalue weighted by atomic mass is 16.5. The Morgan fingerprint density at radius 1 is 1.23 bits per heavy atom. The maximum atomic E-state index is 13.5. The van der Waals surface area contributed by atoms with Gasteiger partial charge in [-0.2, -0.15) is 0 Å². The van der Waals surface area contributed by atoms with Crippen molar-refractivity contribution in [2.45, 2.75) is 63.3 Å². The molecule has 1 aromatic carbocycles. The van der Waals surface area contributed by atoms with Crippen molar-refractivity contribution in [3.05, 3.63) is 35.4 Å². The summed E-state index contributed by atoms with van der Waals surface area (Å²) in [5.74, 6) is 0.184. The molecule has 4 rings (SSSR count). The highest BCUT2D eigenvalue weighted by Crippen LogP contribution is 2.36. The number of rotatable bonds is 4. The van der Waals surface area contributed by atoms with Crippen molar-refractivity contribution < 1.29 is 9.53 Å². The van der Waals surface area contributed by atoms with Gasteiger partial charge in [-0.1, -0.05) is 24.3 Å². The van der Waals surface area contributed by atoms with E-state index in [0.29, 0.717) is 6.04 Å². The summed E-state index contributed by atoms with van der Waals surface area (Å²) in [6.07, 6.45) is 4.26. The Bertz CT molecular complexity index is 621. The van der Waals surface area contributed by atoms with Crippen LogP contribution < -0.4 is 10.6 Å². The number of carbonyl (C=O) groups excluding carboxylic acids is 1. The number of nitrogens with zero attached hydrogens (tertiary/aromatic N) is 1. The average Bonchev–Trinajstić information content (AvgIpc) is 3.26. The van der Waals surface area contributed by atoms with Crippen LogP contribution in [-0.4, -0.2) is 60.8 Å². The van der Waals surface area contributed by atoms with E-state index in [4.69, 9.17) is 4.74 Å². The minimum absolute atomic E-state index is 0.156. The molecule has 3 aliphatic rings. The Hall–Kier alpha value is -1.43. The van der Waals surface area contributed by atoms with E-state index in [-0.39, 0.29) is 18.1 Å². The molecular formula is C21H31N3O2. The van der Waals surface area contributed by atoms with E-state index >= 15 is 0 Å². The van der Waals surface area contributed by atoms with Crippen LogP contribution in [0.3, 0.4) is 0 Å². The lowest BCUT2D eigenvalue weighted by Gasteiger charge is -2.46. The van der Waals surface area contributed by atoms with E-state index in [1.165, 1.54) is 17.5 Å². The Kier molecular flexibility index (Phi) is 5.04. The predicted octanol–water partition coefficient (Wildman–Crippen LogP) is 1.50. The summed E-state index contributed by atoms with van der Waals surface area (Å²) in [5.41, 5.74) is 2.15. The second kappa shape index (κ2) is 7.29. The SMILES string of the molecule is C[C@@H]1CN(C2(C(=O)NC[C@@H]3CCCN3)Cc3ccccc3C2)C[C@H](C)O1. The third kappa shape index (κ3) is 3.40. The zero-order valence-electron chi connectivity index (χ0n) is 16.0. The minimum Gasteiger partial charge on any atom is -0.373 e. The molecule has 1 aliphatic carbocycles. The zero-order valence-corrected chi connectivity index (χ0v) is 16.0. The first kappa shape index (κ1) is 18.0. The molecule has 5 nitrogen and oxygen atoms in total. The molecule has 26 heavy (non-hydrogen) atoms. The van der Waals surface area contributed by atoms with Gasteiger partial charge in [-0.3, -0.25) is 9.69 Å². The third-order valence-electron chi connectivity index (χ3n) is 6.20. The van der Waals surface area contributed by atoms with Crippen LogP contribution in [0.25, 0.3) is 0 Å². The average molecular weight is 357 g/mol. The van der Waals surface area contributed by atoms with Gasteiger partial charge in [0.05, 0.1) is 12.2 Å². The van der Waals surface area contributed by atoms with Crippen molar-refractivity contribution >= 4 is 5.91 Å². The quantitative estimate of drug-likeness (QED) is 0.858. The Morgan fingerprint density at radius 3 is 2.46 bits per heavy atom. The lowest BCUT2D eigenvalue weighted by molar-refractivity contribution is -0.144. The number of hydrogen-bond acceptors (Lipinski definition) is 4. The Balaban J connectivity index is 1.56. The van der Waals surface area contributed by atoms with Crippen molar-refractivity contribution in [2.75, 3.05) is 26.2 Å². The first-order chi connectivity index (χ1) is 12.6. The Labute approximate surface area is 156 Å². The summed E-state index contributed by atoms with van der Waals surface area (Å²) < 4.78 is 5.94. The first-order valence-corrected chi connectivity index (χ1v) is 10.1. The van der Waals surface area contributed by atoms with E-state index in [0.717, 1.165) is 45.4 Å². The van der Waals surface area contributed by atoms with Gasteiger partial charge in [0.15, 0.2) is 0 Å². The van der Waals surface area contributed by atoms with Gasteiger partial charge < -0.3 is 15.4 Å². The van der Waals surface area contributed by atoms with Gasteiger partial charge in [0.2, 0.25) is 5.91 Å². The monoisotopic (exact) mass is 357 g/mol. The summed E-state index contributed by atoms with van der Waals surface area (Å²) in [6.45, 7) is 7.64. The summed E-state index contributed by atoms with van der Waals surface area (Å²) >= 11 is 0. The van der Waals surface area contributed by atoms with Crippen molar-refractivity contribution in [3.63, 3.8) is 0 Å². The van der Waals surface area contributed by atoms with Crippen LogP contribution >= 0.6 is 0 Å². The molecule has 1 amide bonds. The number of fused-ring (bicyclic) bond motifs is 1. The van der Waals surface area contributed by atoms with Crippen molar-refractivity contribution in [1.82, 2.24) is 15.5 Å². The van der Waals surface area contributed by atoms with E-state index in [1.807, 2.05) is 0 Å². The molecule has 0 radical (unpaired) electrons. The maximum Gasteiger partial charge on any atom is 0.241 e. The smallest absolute Gasteiger partial charge is 0.241 e. The van der Waals surface area contributed by atoms with Crippen LogP contribution in [0.15, 0.2) is 24.3 Å². The van der Waals surface area contributed by atoms with Crippen LogP contribution in [0.5, 0.6) is 0 Å². The van der Waals surface area contributed by atoms with Crippen molar-refractivity contribution in [1.29, 1.82) is 0 Å². The molecule has 2 heterocycles. The molecule has 5 heteroatoms. The summed E-state index contributed by atoms with van der Waals surface area (Å²) in [5, 5.41) is 6.76. The summed E-state index contributed by atoms with van der Waals surface area (Å²) in [4.78, 5) is 15.9. The third-order valence-corrected chi connectivity index (χ3v) is 6.20. The molecule has 2 saturated heterocycles. The standard InChI is InChI=1S/C21H31N3O2/c1-15-13-24(14-16(2)26-15)21(10-17-6-3-4-7-18(17)11-21)20(25)23-12-19-8-5-9-22-19/h3-4,6-7,15-16,19,22H,5,8-14H2,1-2H3,(H,23,25)/t15-,16+,19-/m0/s1. The van der Waals surface area contributed by atoms with Crippen molar-refractivity contribution in [3.8, 4) is 0 Å². The molecular weight excluding hydrogens is 326 g/mol. The molecule has 0 saturated carbocycles.